The smallest absolute Gasteiger partial charge is 0.151 e. The van der Waals surface area contributed by atoms with Crippen molar-refractivity contribution in [2.45, 2.75) is 19.8 Å². The molecular formula is C8H11NO. The molecule has 0 bridgehead atoms. The van der Waals surface area contributed by atoms with E-state index in [1.807, 2.05) is 6.20 Å². The fourth-order valence-corrected chi connectivity index (χ4v) is 1.00. The van der Waals surface area contributed by atoms with Crippen LogP contribution in [-0.4, -0.2) is 11.3 Å². The summed E-state index contributed by atoms with van der Waals surface area (Å²) in [6, 6.07) is 0. The van der Waals surface area contributed by atoms with Crippen molar-refractivity contribution in [1.82, 2.24) is 4.98 Å². The predicted octanol–water partition coefficient (Wildman–Crippen LogP) is 1.78. The Labute approximate surface area is 60.3 Å². The molecule has 1 heterocycles. The monoisotopic (exact) mass is 137 g/mol. The van der Waals surface area contributed by atoms with Gasteiger partial charge in [-0.2, -0.15) is 0 Å². The van der Waals surface area contributed by atoms with Crippen LogP contribution in [0.25, 0.3) is 0 Å². The maximum absolute atomic E-state index is 10.3. The summed E-state index contributed by atoms with van der Waals surface area (Å²) < 4.78 is 0. The molecule has 0 saturated heterocycles. The molecule has 0 saturated carbocycles. The van der Waals surface area contributed by atoms with E-state index >= 15 is 0 Å². The van der Waals surface area contributed by atoms with Crippen LogP contribution in [0, 0.1) is 0 Å². The first kappa shape index (κ1) is 7.06. The van der Waals surface area contributed by atoms with Crippen LogP contribution in [0.4, 0.5) is 0 Å². The van der Waals surface area contributed by atoms with E-state index in [0.717, 1.165) is 30.3 Å². The minimum absolute atomic E-state index is 0.793. The fraction of sp³-hybridized carbons (Fsp3) is 0.375. The highest BCUT2D eigenvalue weighted by Gasteiger charge is 1.98. The van der Waals surface area contributed by atoms with E-state index in [0.29, 0.717) is 0 Å². The van der Waals surface area contributed by atoms with Gasteiger partial charge in [-0.25, -0.2) is 0 Å². The Bertz CT molecular complexity index is 215. The predicted molar refractivity (Wildman–Crippen MR) is 40.2 cm³/mol. The minimum Gasteiger partial charge on any atom is -0.367 e. The summed E-state index contributed by atoms with van der Waals surface area (Å²) in [6.45, 7) is 2.10. The number of aryl methyl sites for hydroxylation is 1. The van der Waals surface area contributed by atoms with Crippen molar-refractivity contribution in [1.29, 1.82) is 0 Å². The molecule has 0 fully saturated rings. The van der Waals surface area contributed by atoms with Gasteiger partial charge < -0.3 is 4.98 Å². The van der Waals surface area contributed by atoms with E-state index in [2.05, 4.69) is 11.9 Å². The van der Waals surface area contributed by atoms with Gasteiger partial charge in [-0.1, -0.05) is 13.3 Å². The number of rotatable bonds is 3. The zero-order chi connectivity index (χ0) is 7.40. The van der Waals surface area contributed by atoms with Gasteiger partial charge in [-0.15, -0.1) is 0 Å². The highest BCUT2D eigenvalue weighted by molar-refractivity contribution is 5.76. The Morgan fingerprint density at radius 3 is 3.00 bits per heavy atom. The molecule has 1 aromatic rings. The van der Waals surface area contributed by atoms with Gasteiger partial charge >= 0.3 is 0 Å². The van der Waals surface area contributed by atoms with Crippen LogP contribution in [0.2, 0.25) is 0 Å². The van der Waals surface area contributed by atoms with Crippen molar-refractivity contribution in [2.24, 2.45) is 0 Å². The molecule has 0 amide bonds. The molecule has 54 valence electrons. The van der Waals surface area contributed by atoms with Crippen LogP contribution in [-0.2, 0) is 6.42 Å². The summed E-state index contributed by atoms with van der Waals surface area (Å²) in [5.74, 6) is 0. The summed E-state index contributed by atoms with van der Waals surface area (Å²) in [6.07, 6.45) is 6.57. The second-order valence-corrected chi connectivity index (χ2v) is 2.30. The molecular weight excluding hydrogens is 126 g/mol. The number of carbonyl (C=O) groups excluding carboxylic acids is 1. The molecule has 1 N–H and O–H groups in total. The van der Waals surface area contributed by atoms with Gasteiger partial charge in [0.2, 0.25) is 0 Å². The van der Waals surface area contributed by atoms with E-state index < -0.39 is 0 Å². The van der Waals surface area contributed by atoms with Gasteiger partial charge in [0.05, 0.1) is 0 Å². The number of aldehydes is 1. The third-order valence-corrected chi connectivity index (χ3v) is 1.51. The maximum Gasteiger partial charge on any atom is 0.151 e. The van der Waals surface area contributed by atoms with E-state index in [1.165, 1.54) is 0 Å². The van der Waals surface area contributed by atoms with E-state index in [9.17, 15) is 4.79 Å². The second kappa shape index (κ2) is 3.20. The molecule has 0 aliphatic rings. The molecule has 0 radical (unpaired) electrons. The molecule has 0 unspecified atom stereocenters. The van der Waals surface area contributed by atoms with Crippen molar-refractivity contribution in [3.8, 4) is 0 Å². The standard InChI is InChI=1S/C8H11NO/c1-2-3-7-4-9-5-8(7)6-10/h4-6,9H,2-3H2,1H3. The van der Waals surface area contributed by atoms with Crippen molar-refractivity contribution in [3.05, 3.63) is 23.5 Å². The summed E-state index contributed by atoms with van der Waals surface area (Å²) in [5.41, 5.74) is 1.92. The Morgan fingerprint density at radius 1 is 1.60 bits per heavy atom. The topological polar surface area (TPSA) is 32.9 Å². The first-order valence-corrected chi connectivity index (χ1v) is 3.49. The van der Waals surface area contributed by atoms with Crippen molar-refractivity contribution in [3.63, 3.8) is 0 Å². The highest BCUT2D eigenvalue weighted by Crippen LogP contribution is 2.06. The molecule has 0 aliphatic heterocycles. The van der Waals surface area contributed by atoms with Gasteiger partial charge in [-0.3, -0.25) is 4.79 Å². The zero-order valence-corrected chi connectivity index (χ0v) is 6.05. The third kappa shape index (κ3) is 1.26. The SMILES string of the molecule is CCCc1c[nH]cc1C=O. The van der Waals surface area contributed by atoms with Crippen LogP contribution in [0.15, 0.2) is 12.4 Å². The lowest BCUT2D eigenvalue weighted by Crippen LogP contribution is -1.84. The van der Waals surface area contributed by atoms with Gasteiger partial charge in [-0.05, 0) is 12.0 Å². The van der Waals surface area contributed by atoms with Crippen molar-refractivity contribution >= 4 is 6.29 Å². The zero-order valence-electron chi connectivity index (χ0n) is 6.05. The maximum atomic E-state index is 10.3. The quantitative estimate of drug-likeness (QED) is 0.633. The third-order valence-electron chi connectivity index (χ3n) is 1.51. The Balaban J connectivity index is 2.79. The number of nitrogens with one attached hydrogen (secondary N) is 1. The fourth-order valence-electron chi connectivity index (χ4n) is 1.00. The van der Waals surface area contributed by atoms with Gasteiger partial charge in [0.1, 0.15) is 0 Å². The van der Waals surface area contributed by atoms with Crippen LogP contribution < -0.4 is 0 Å². The average Bonchev–Trinajstić information content (AvgIpc) is 2.36. The molecule has 2 heteroatoms. The van der Waals surface area contributed by atoms with Crippen LogP contribution >= 0.6 is 0 Å². The number of carbonyl (C=O) groups is 1. The molecule has 0 spiro atoms. The molecule has 1 aromatic heterocycles. The average molecular weight is 137 g/mol. The number of aromatic amines is 1. The lowest BCUT2D eigenvalue weighted by Gasteiger charge is -1.91. The molecule has 2 nitrogen and oxygen atoms in total. The van der Waals surface area contributed by atoms with Crippen LogP contribution in [0.5, 0.6) is 0 Å². The lowest BCUT2D eigenvalue weighted by molar-refractivity contribution is 0.112. The van der Waals surface area contributed by atoms with E-state index in [1.54, 1.807) is 6.20 Å². The van der Waals surface area contributed by atoms with Crippen LogP contribution in [0.1, 0.15) is 29.3 Å². The Morgan fingerprint density at radius 2 is 2.40 bits per heavy atom. The minimum atomic E-state index is 0.793. The Kier molecular flexibility index (Phi) is 2.26. The van der Waals surface area contributed by atoms with Gasteiger partial charge in [0.25, 0.3) is 0 Å². The summed E-state index contributed by atoms with van der Waals surface area (Å²) >= 11 is 0. The first-order valence-electron chi connectivity index (χ1n) is 3.49. The van der Waals surface area contributed by atoms with E-state index in [4.69, 9.17) is 0 Å². The Hall–Kier alpha value is -1.05. The molecule has 10 heavy (non-hydrogen) atoms. The van der Waals surface area contributed by atoms with E-state index in [-0.39, 0.29) is 0 Å². The first-order chi connectivity index (χ1) is 4.88. The number of H-pyrrole nitrogens is 1. The number of hydrogen-bond acceptors (Lipinski definition) is 1. The largest absolute Gasteiger partial charge is 0.367 e. The molecule has 0 atom stereocenters. The lowest BCUT2D eigenvalue weighted by atomic mass is 10.1. The summed E-state index contributed by atoms with van der Waals surface area (Å²) in [5, 5.41) is 0. The van der Waals surface area contributed by atoms with Gasteiger partial charge in [0, 0.05) is 18.0 Å². The van der Waals surface area contributed by atoms with Crippen molar-refractivity contribution < 1.29 is 4.79 Å². The number of hydrogen-bond donors (Lipinski definition) is 1. The highest BCUT2D eigenvalue weighted by atomic mass is 16.1. The summed E-state index contributed by atoms with van der Waals surface area (Å²) in [4.78, 5) is 13.2. The van der Waals surface area contributed by atoms with Gasteiger partial charge in [0.15, 0.2) is 6.29 Å². The molecule has 1 rings (SSSR count). The normalized spacial score (nSPS) is 9.70. The van der Waals surface area contributed by atoms with Crippen LogP contribution in [0.3, 0.4) is 0 Å². The second-order valence-electron chi connectivity index (χ2n) is 2.30. The molecule has 0 aromatic carbocycles. The summed E-state index contributed by atoms with van der Waals surface area (Å²) in [7, 11) is 0. The number of aromatic nitrogens is 1. The van der Waals surface area contributed by atoms with Crippen molar-refractivity contribution in [2.75, 3.05) is 0 Å². The molecule has 0 aliphatic carbocycles.